The molecule has 0 atom stereocenters. The highest BCUT2D eigenvalue weighted by Crippen LogP contribution is 2.33. The fourth-order valence-corrected chi connectivity index (χ4v) is 4.11. The lowest BCUT2D eigenvalue weighted by Gasteiger charge is -2.19. The smallest absolute Gasteiger partial charge is 0.355 e. The van der Waals surface area contributed by atoms with Crippen molar-refractivity contribution in [2.24, 2.45) is 0 Å². The molecule has 0 aliphatic carbocycles. The summed E-state index contributed by atoms with van der Waals surface area (Å²) < 4.78 is 31.5. The molecule has 0 aliphatic rings. The topological polar surface area (TPSA) is 84.6 Å². The number of sulfone groups is 1. The molecule has 2 aromatic carbocycles. The predicted octanol–water partition coefficient (Wildman–Crippen LogP) is 4.39. The van der Waals surface area contributed by atoms with E-state index in [0.717, 1.165) is 10.0 Å². The van der Waals surface area contributed by atoms with E-state index >= 15 is 0 Å². The Balaban J connectivity index is 2.28. The van der Waals surface area contributed by atoms with Gasteiger partial charge in [0.05, 0.1) is 4.90 Å². The number of rotatable bonds is 2. The maximum absolute atomic E-state index is 12.8. The molecule has 1 heterocycles. The second-order valence-electron chi connectivity index (χ2n) is 7.02. The molecule has 0 radical (unpaired) electrons. The van der Waals surface area contributed by atoms with Crippen LogP contribution in [0.2, 0.25) is 0 Å². The molecule has 0 unspecified atom stereocenters. The van der Waals surface area contributed by atoms with Crippen LogP contribution in [0.4, 0.5) is 0 Å². The van der Waals surface area contributed by atoms with Crippen LogP contribution in [0.15, 0.2) is 65.9 Å². The lowest BCUT2D eigenvalue weighted by atomic mass is 9.86. The second kappa shape index (κ2) is 6.25. The molecule has 136 valence electrons. The molecule has 7 heteroatoms. The third-order valence-corrected chi connectivity index (χ3v) is 6.35. The van der Waals surface area contributed by atoms with Gasteiger partial charge in [-0.25, -0.2) is 13.2 Å². The van der Waals surface area contributed by atoms with E-state index in [9.17, 15) is 18.3 Å². The molecule has 0 spiro atoms. The van der Waals surface area contributed by atoms with Crippen LogP contribution in [0.25, 0.3) is 11.0 Å². The van der Waals surface area contributed by atoms with Crippen LogP contribution < -0.4 is 5.63 Å². The van der Waals surface area contributed by atoms with Crippen molar-refractivity contribution >= 4 is 36.7 Å². The molecule has 0 saturated heterocycles. The molecule has 1 N–H and O–H groups in total. The van der Waals surface area contributed by atoms with Crippen molar-refractivity contribution in [2.75, 3.05) is 0 Å². The van der Waals surface area contributed by atoms with Crippen LogP contribution in [-0.4, -0.2) is 13.5 Å². The first-order valence-corrected chi connectivity index (χ1v) is 10.1. The van der Waals surface area contributed by atoms with Crippen LogP contribution in [0, 0.1) is 0 Å². The SMILES string of the molecule is CC(C)(C)c1cc(O)c2oc(=O)c(S(=O)(=O)c3ccc(Br)cc3)cc2c1. The number of benzene rings is 2. The van der Waals surface area contributed by atoms with E-state index in [0.29, 0.717) is 5.39 Å². The Morgan fingerprint density at radius 1 is 1.04 bits per heavy atom. The summed E-state index contributed by atoms with van der Waals surface area (Å²) in [6.07, 6.45) is 0. The molecule has 0 saturated carbocycles. The van der Waals surface area contributed by atoms with E-state index < -0.39 is 20.4 Å². The first kappa shape index (κ1) is 18.7. The number of phenols is 1. The summed E-state index contributed by atoms with van der Waals surface area (Å²) in [5.41, 5.74) is -0.521. The third-order valence-electron chi connectivity index (χ3n) is 4.06. The lowest BCUT2D eigenvalue weighted by Crippen LogP contribution is -2.15. The minimum absolute atomic E-state index is 0.0106. The van der Waals surface area contributed by atoms with Crippen LogP contribution in [0.1, 0.15) is 26.3 Å². The fraction of sp³-hybridized carbons (Fsp3) is 0.211. The number of hydrogen-bond donors (Lipinski definition) is 1. The number of aromatic hydroxyl groups is 1. The largest absolute Gasteiger partial charge is 0.504 e. The number of fused-ring (bicyclic) bond motifs is 1. The van der Waals surface area contributed by atoms with E-state index in [4.69, 9.17) is 4.42 Å². The maximum atomic E-state index is 12.8. The normalized spacial score (nSPS) is 12.5. The van der Waals surface area contributed by atoms with Crippen molar-refractivity contribution < 1.29 is 17.9 Å². The Labute approximate surface area is 159 Å². The van der Waals surface area contributed by atoms with Crippen molar-refractivity contribution in [3.05, 3.63) is 62.9 Å². The van der Waals surface area contributed by atoms with E-state index in [1.165, 1.54) is 24.3 Å². The Bertz CT molecular complexity index is 1150. The van der Waals surface area contributed by atoms with Gasteiger partial charge >= 0.3 is 5.63 Å². The minimum Gasteiger partial charge on any atom is -0.504 e. The number of hydrogen-bond acceptors (Lipinski definition) is 5. The van der Waals surface area contributed by atoms with Crippen molar-refractivity contribution in [3.8, 4) is 5.75 Å². The summed E-state index contributed by atoms with van der Waals surface area (Å²) in [7, 11) is -4.05. The summed E-state index contributed by atoms with van der Waals surface area (Å²) in [4.78, 5) is 11.8. The molecule has 0 bridgehead atoms. The average Bonchev–Trinajstić information content (AvgIpc) is 2.54. The van der Waals surface area contributed by atoms with Gasteiger partial charge in [0.15, 0.2) is 16.2 Å². The molecule has 0 amide bonds. The zero-order chi connectivity index (χ0) is 19.3. The maximum Gasteiger partial charge on any atom is 0.355 e. The number of halogens is 1. The van der Waals surface area contributed by atoms with Gasteiger partial charge < -0.3 is 9.52 Å². The number of phenolic OH excluding ortho intramolecular Hbond substituents is 1. The Kier molecular flexibility index (Phi) is 4.48. The van der Waals surface area contributed by atoms with Crippen LogP contribution in [0.5, 0.6) is 5.75 Å². The monoisotopic (exact) mass is 436 g/mol. The van der Waals surface area contributed by atoms with Gasteiger partial charge in [0, 0.05) is 9.86 Å². The van der Waals surface area contributed by atoms with Gasteiger partial charge in [-0.05, 0) is 53.4 Å². The summed E-state index contributed by atoms with van der Waals surface area (Å²) in [6.45, 7) is 5.89. The molecular formula is C19H17BrO5S. The van der Waals surface area contributed by atoms with E-state index in [1.54, 1.807) is 18.2 Å². The van der Waals surface area contributed by atoms with Gasteiger partial charge in [-0.1, -0.05) is 36.7 Å². The summed E-state index contributed by atoms with van der Waals surface area (Å²) >= 11 is 3.25. The fourth-order valence-electron chi connectivity index (χ4n) is 2.56. The van der Waals surface area contributed by atoms with Crippen LogP contribution in [0.3, 0.4) is 0 Å². The van der Waals surface area contributed by atoms with Crippen molar-refractivity contribution in [1.82, 2.24) is 0 Å². The summed E-state index contributed by atoms with van der Waals surface area (Å²) in [6, 6.07) is 10.5. The quantitative estimate of drug-likeness (QED) is 0.601. The van der Waals surface area contributed by atoms with Gasteiger partial charge in [0.2, 0.25) is 9.84 Å². The average molecular weight is 437 g/mol. The van der Waals surface area contributed by atoms with Gasteiger partial charge in [-0.2, -0.15) is 0 Å². The molecule has 3 rings (SSSR count). The van der Waals surface area contributed by atoms with E-state index in [-0.39, 0.29) is 21.6 Å². The Hall–Kier alpha value is -2.12. The minimum atomic E-state index is -4.05. The van der Waals surface area contributed by atoms with Gasteiger partial charge in [-0.15, -0.1) is 0 Å². The predicted molar refractivity (Wildman–Crippen MR) is 102 cm³/mol. The second-order valence-corrected chi connectivity index (χ2v) is 9.85. The molecule has 26 heavy (non-hydrogen) atoms. The van der Waals surface area contributed by atoms with Gasteiger partial charge in [0.1, 0.15) is 0 Å². The molecule has 5 nitrogen and oxygen atoms in total. The van der Waals surface area contributed by atoms with Crippen molar-refractivity contribution in [1.29, 1.82) is 0 Å². The standard InChI is InChI=1S/C19H17BrO5S/c1-19(2,3)12-8-11-9-16(18(22)25-17(11)15(21)10-12)26(23,24)14-6-4-13(20)5-7-14/h4-10,21H,1-3H3. The summed E-state index contributed by atoms with van der Waals surface area (Å²) in [5.74, 6) is -0.197. The van der Waals surface area contributed by atoms with Crippen LogP contribution in [-0.2, 0) is 15.3 Å². The molecule has 0 aliphatic heterocycles. The highest BCUT2D eigenvalue weighted by atomic mass is 79.9. The molecule has 3 aromatic rings. The zero-order valence-electron chi connectivity index (χ0n) is 14.4. The zero-order valence-corrected chi connectivity index (χ0v) is 16.8. The molecule has 1 aromatic heterocycles. The Morgan fingerprint density at radius 2 is 1.65 bits per heavy atom. The van der Waals surface area contributed by atoms with E-state index in [2.05, 4.69) is 15.9 Å². The first-order chi connectivity index (χ1) is 12.0. The third kappa shape index (κ3) is 3.29. The van der Waals surface area contributed by atoms with Crippen LogP contribution >= 0.6 is 15.9 Å². The summed E-state index contributed by atoms with van der Waals surface area (Å²) in [5, 5.41) is 10.5. The highest BCUT2D eigenvalue weighted by Gasteiger charge is 2.25. The van der Waals surface area contributed by atoms with Crippen molar-refractivity contribution in [3.63, 3.8) is 0 Å². The molecular weight excluding hydrogens is 420 g/mol. The Morgan fingerprint density at radius 3 is 2.23 bits per heavy atom. The van der Waals surface area contributed by atoms with Gasteiger partial charge in [-0.3, -0.25) is 0 Å². The van der Waals surface area contributed by atoms with Crippen molar-refractivity contribution in [2.45, 2.75) is 36.0 Å². The highest BCUT2D eigenvalue weighted by molar-refractivity contribution is 9.10. The lowest BCUT2D eigenvalue weighted by molar-refractivity contribution is 0.449. The van der Waals surface area contributed by atoms with Gasteiger partial charge in [0.25, 0.3) is 0 Å². The van der Waals surface area contributed by atoms with E-state index in [1.807, 2.05) is 20.8 Å². The molecule has 0 fully saturated rings. The first-order valence-electron chi connectivity index (χ1n) is 7.82.